The molecule has 0 saturated carbocycles. The van der Waals surface area contributed by atoms with Crippen LogP contribution in [0.4, 0.5) is 5.69 Å². The van der Waals surface area contributed by atoms with Crippen LogP contribution in [0.25, 0.3) is 6.08 Å². The number of amides is 1. The predicted octanol–water partition coefficient (Wildman–Crippen LogP) is 4.92. The number of rotatable bonds is 6. The zero-order valence-corrected chi connectivity index (χ0v) is 13.8. The third kappa shape index (κ3) is 5.36. The first-order valence-corrected chi connectivity index (χ1v) is 8.10. The monoisotopic (exact) mass is 329 g/mol. The summed E-state index contributed by atoms with van der Waals surface area (Å²) in [5.41, 5.74) is 2.84. The molecule has 0 fully saturated rings. The van der Waals surface area contributed by atoms with Gasteiger partial charge in [-0.15, -0.1) is 0 Å². The maximum Gasteiger partial charge on any atom is 0.248 e. The molecule has 1 N–H and O–H groups in total. The topological polar surface area (TPSA) is 38.3 Å². The van der Waals surface area contributed by atoms with Crippen molar-refractivity contribution in [3.63, 3.8) is 0 Å². The van der Waals surface area contributed by atoms with Crippen molar-refractivity contribution in [2.24, 2.45) is 0 Å². The van der Waals surface area contributed by atoms with Crippen LogP contribution in [0.5, 0.6) is 5.75 Å². The Labute approximate surface area is 147 Å². The van der Waals surface area contributed by atoms with E-state index in [0.29, 0.717) is 6.61 Å². The molecule has 0 heterocycles. The van der Waals surface area contributed by atoms with Gasteiger partial charge in [0.2, 0.25) is 5.91 Å². The maximum atomic E-state index is 12.0. The van der Waals surface area contributed by atoms with Gasteiger partial charge in [0.25, 0.3) is 0 Å². The lowest BCUT2D eigenvalue weighted by molar-refractivity contribution is -0.111. The van der Waals surface area contributed by atoms with Gasteiger partial charge in [0, 0.05) is 11.8 Å². The lowest BCUT2D eigenvalue weighted by atomic mass is 10.2. The largest absolute Gasteiger partial charge is 0.489 e. The Morgan fingerprint density at radius 1 is 0.840 bits per heavy atom. The van der Waals surface area contributed by atoms with Crippen LogP contribution >= 0.6 is 0 Å². The minimum absolute atomic E-state index is 0.165. The molecule has 0 spiro atoms. The van der Waals surface area contributed by atoms with E-state index < -0.39 is 0 Å². The number of carbonyl (C=O) groups excluding carboxylic acids is 1. The SMILES string of the molecule is O=C(/C=C\c1ccccc1)Nc1ccc(OCc2ccccc2)cc1. The second-order valence-electron chi connectivity index (χ2n) is 5.53. The summed E-state index contributed by atoms with van der Waals surface area (Å²) in [7, 11) is 0. The molecule has 0 saturated heterocycles. The van der Waals surface area contributed by atoms with Crippen LogP contribution in [0.2, 0.25) is 0 Å². The Morgan fingerprint density at radius 2 is 1.48 bits per heavy atom. The van der Waals surface area contributed by atoms with Crippen molar-refractivity contribution in [3.05, 3.63) is 102 Å². The zero-order valence-electron chi connectivity index (χ0n) is 13.8. The fourth-order valence-electron chi connectivity index (χ4n) is 2.30. The fraction of sp³-hybridized carbons (Fsp3) is 0.0455. The van der Waals surface area contributed by atoms with Gasteiger partial charge in [-0.1, -0.05) is 60.7 Å². The summed E-state index contributed by atoms with van der Waals surface area (Å²) < 4.78 is 5.73. The van der Waals surface area contributed by atoms with Crippen LogP contribution in [-0.4, -0.2) is 5.91 Å². The first-order chi connectivity index (χ1) is 12.3. The normalized spacial score (nSPS) is 10.6. The Kier molecular flexibility index (Phi) is 5.62. The first kappa shape index (κ1) is 16.5. The Balaban J connectivity index is 1.52. The summed E-state index contributed by atoms with van der Waals surface area (Å²) in [4.78, 5) is 12.0. The molecule has 0 atom stereocenters. The van der Waals surface area contributed by atoms with Crippen LogP contribution in [0, 0.1) is 0 Å². The van der Waals surface area contributed by atoms with Crippen molar-refractivity contribution in [2.45, 2.75) is 6.61 Å². The van der Waals surface area contributed by atoms with Crippen molar-refractivity contribution in [1.82, 2.24) is 0 Å². The van der Waals surface area contributed by atoms with Gasteiger partial charge in [-0.05, 0) is 41.5 Å². The summed E-state index contributed by atoms with van der Waals surface area (Å²) in [6, 6.07) is 27.1. The van der Waals surface area contributed by atoms with Crippen LogP contribution in [0.1, 0.15) is 11.1 Å². The summed E-state index contributed by atoms with van der Waals surface area (Å²) in [6.07, 6.45) is 3.31. The molecule has 0 aliphatic heterocycles. The number of benzene rings is 3. The van der Waals surface area contributed by atoms with E-state index in [1.165, 1.54) is 6.08 Å². The molecule has 0 radical (unpaired) electrons. The van der Waals surface area contributed by atoms with Crippen molar-refractivity contribution < 1.29 is 9.53 Å². The molecule has 0 aliphatic carbocycles. The average molecular weight is 329 g/mol. The lowest BCUT2D eigenvalue weighted by Gasteiger charge is -2.07. The molecule has 3 heteroatoms. The first-order valence-electron chi connectivity index (χ1n) is 8.10. The minimum Gasteiger partial charge on any atom is -0.489 e. The number of ether oxygens (including phenoxy) is 1. The lowest BCUT2D eigenvalue weighted by Crippen LogP contribution is -2.07. The van der Waals surface area contributed by atoms with Gasteiger partial charge in [-0.3, -0.25) is 4.79 Å². The Hall–Kier alpha value is -3.33. The molecule has 0 unspecified atom stereocenters. The molecule has 3 nitrogen and oxygen atoms in total. The highest BCUT2D eigenvalue weighted by molar-refractivity contribution is 6.01. The van der Waals surface area contributed by atoms with Gasteiger partial charge in [0.05, 0.1) is 0 Å². The van der Waals surface area contributed by atoms with Gasteiger partial charge in [0.15, 0.2) is 0 Å². The van der Waals surface area contributed by atoms with E-state index >= 15 is 0 Å². The highest BCUT2D eigenvalue weighted by Crippen LogP contribution is 2.17. The standard InChI is InChI=1S/C22H19NO2/c24-22(16-11-18-7-3-1-4-8-18)23-20-12-14-21(15-13-20)25-17-19-9-5-2-6-10-19/h1-16H,17H2,(H,23,24)/b16-11-. The quantitative estimate of drug-likeness (QED) is 0.652. The summed E-state index contributed by atoms with van der Waals surface area (Å²) in [6.45, 7) is 0.520. The molecule has 3 rings (SSSR count). The van der Waals surface area contributed by atoms with E-state index in [4.69, 9.17) is 4.74 Å². The second kappa shape index (κ2) is 8.50. The zero-order chi connectivity index (χ0) is 17.3. The van der Waals surface area contributed by atoms with E-state index in [0.717, 1.165) is 22.6 Å². The smallest absolute Gasteiger partial charge is 0.248 e. The van der Waals surface area contributed by atoms with Crippen molar-refractivity contribution >= 4 is 17.7 Å². The molecule has 3 aromatic rings. The van der Waals surface area contributed by atoms with E-state index in [-0.39, 0.29) is 5.91 Å². The number of hydrogen-bond acceptors (Lipinski definition) is 2. The van der Waals surface area contributed by atoms with Gasteiger partial charge < -0.3 is 10.1 Å². The van der Waals surface area contributed by atoms with E-state index in [9.17, 15) is 4.79 Å². The molecule has 0 aliphatic rings. The number of nitrogens with one attached hydrogen (secondary N) is 1. The van der Waals surface area contributed by atoms with Crippen LogP contribution in [-0.2, 0) is 11.4 Å². The van der Waals surface area contributed by atoms with E-state index in [1.54, 1.807) is 6.08 Å². The van der Waals surface area contributed by atoms with Crippen LogP contribution in [0.15, 0.2) is 91.0 Å². The van der Waals surface area contributed by atoms with Gasteiger partial charge in [-0.25, -0.2) is 0 Å². The van der Waals surface area contributed by atoms with Crippen LogP contribution < -0.4 is 10.1 Å². The summed E-state index contributed by atoms with van der Waals surface area (Å²) in [5, 5.41) is 2.83. The Morgan fingerprint density at radius 3 is 2.16 bits per heavy atom. The molecule has 3 aromatic carbocycles. The molecule has 124 valence electrons. The van der Waals surface area contributed by atoms with Gasteiger partial charge in [-0.2, -0.15) is 0 Å². The maximum absolute atomic E-state index is 12.0. The molecule has 0 bridgehead atoms. The van der Waals surface area contributed by atoms with Gasteiger partial charge in [0.1, 0.15) is 12.4 Å². The summed E-state index contributed by atoms with van der Waals surface area (Å²) in [5.74, 6) is 0.600. The molecular weight excluding hydrogens is 310 g/mol. The van der Waals surface area contributed by atoms with Crippen molar-refractivity contribution in [1.29, 1.82) is 0 Å². The highest BCUT2D eigenvalue weighted by atomic mass is 16.5. The second-order valence-corrected chi connectivity index (χ2v) is 5.53. The number of anilines is 1. The molecule has 1 amide bonds. The fourth-order valence-corrected chi connectivity index (χ4v) is 2.30. The average Bonchev–Trinajstić information content (AvgIpc) is 2.67. The van der Waals surface area contributed by atoms with Crippen molar-refractivity contribution in [2.75, 3.05) is 5.32 Å². The van der Waals surface area contributed by atoms with Crippen molar-refractivity contribution in [3.8, 4) is 5.75 Å². The molecule has 25 heavy (non-hydrogen) atoms. The Bertz CT molecular complexity index is 825. The summed E-state index contributed by atoms with van der Waals surface area (Å²) >= 11 is 0. The van der Waals surface area contributed by atoms with E-state index in [1.807, 2.05) is 84.9 Å². The predicted molar refractivity (Wildman–Crippen MR) is 101 cm³/mol. The third-order valence-electron chi connectivity index (χ3n) is 3.60. The number of hydrogen-bond donors (Lipinski definition) is 1. The van der Waals surface area contributed by atoms with Gasteiger partial charge >= 0.3 is 0 Å². The van der Waals surface area contributed by atoms with E-state index in [2.05, 4.69) is 5.32 Å². The molecular formula is C22H19NO2. The molecule has 0 aromatic heterocycles. The van der Waals surface area contributed by atoms with Crippen LogP contribution in [0.3, 0.4) is 0 Å². The number of carbonyl (C=O) groups is 1. The third-order valence-corrected chi connectivity index (χ3v) is 3.60. The minimum atomic E-state index is -0.165. The highest BCUT2D eigenvalue weighted by Gasteiger charge is 2.00.